The number of primary amides is 1. The van der Waals surface area contributed by atoms with Gasteiger partial charge in [-0.05, 0) is 44.5 Å². The van der Waals surface area contributed by atoms with Gasteiger partial charge in [-0.2, -0.15) is 0 Å². The molecule has 0 aromatic heterocycles. The first kappa shape index (κ1) is 25.0. The summed E-state index contributed by atoms with van der Waals surface area (Å²) in [6.45, 7) is 1.71. The number of ketones is 2. The number of aromatic hydroxyl groups is 1. The molecule has 1 fully saturated rings. The summed E-state index contributed by atoms with van der Waals surface area (Å²) >= 11 is 0. The van der Waals surface area contributed by atoms with Crippen molar-refractivity contribution < 1.29 is 44.3 Å². The summed E-state index contributed by atoms with van der Waals surface area (Å²) in [6, 6.07) is 3.19. The number of phenolic OH excluding ortho intramolecular Hbond substituents is 1. The largest absolute Gasteiger partial charge is 0.510 e. The van der Waals surface area contributed by atoms with Crippen LogP contribution < -0.4 is 5.73 Å². The molecule has 37 heavy (non-hydrogen) atoms. The van der Waals surface area contributed by atoms with E-state index < -0.39 is 81.6 Å². The normalized spacial score (nSPS) is 33.2. The zero-order valence-electron chi connectivity index (χ0n) is 20.5. The Morgan fingerprint density at radius 1 is 1.14 bits per heavy atom. The second-order valence-corrected chi connectivity index (χ2v) is 10.5. The number of hydrogen-bond donors (Lipinski definition) is 5. The molecule has 0 radical (unpaired) electrons. The van der Waals surface area contributed by atoms with Crippen LogP contribution in [0.5, 0.6) is 5.75 Å². The Morgan fingerprint density at radius 2 is 1.78 bits per heavy atom. The molecule has 0 spiro atoms. The van der Waals surface area contributed by atoms with Crippen molar-refractivity contribution in [3.63, 3.8) is 0 Å². The topological polar surface area (TPSA) is 188 Å². The first-order valence-corrected chi connectivity index (χ1v) is 12.0. The fraction of sp³-hybridized carbons (Fsp3) is 0.462. The van der Waals surface area contributed by atoms with Crippen LogP contribution in [0.15, 0.2) is 40.9 Å². The summed E-state index contributed by atoms with van der Waals surface area (Å²) in [7, 11) is 3.02. The number of benzene rings is 1. The summed E-state index contributed by atoms with van der Waals surface area (Å²) in [5.74, 6) is -9.82. The highest BCUT2D eigenvalue weighted by Crippen LogP contribution is 2.56. The molecule has 6 N–H and O–H groups in total. The quantitative estimate of drug-likeness (QED) is 0.282. The molecule has 11 heteroatoms. The van der Waals surface area contributed by atoms with Gasteiger partial charge < -0.3 is 30.9 Å². The van der Waals surface area contributed by atoms with Gasteiger partial charge in [-0.25, -0.2) is 0 Å². The van der Waals surface area contributed by atoms with Crippen molar-refractivity contribution in [2.24, 2.45) is 23.5 Å². The van der Waals surface area contributed by atoms with Gasteiger partial charge in [-0.3, -0.25) is 24.1 Å². The zero-order valence-corrected chi connectivity index (χ0v) is 20.5. The fourth-order valence-electron chi connectivity index (χ4n) is 6.24. The molecule has 6 atom stereocenters. The van der Waals surface area contributed by atoms with Crippen LogP contribution in [0.1, 0.15) is 41.6 Å². The maximum absolute atomic E-state index is 13.7. The Hall–Kier alpha value is -3.70. The summed E-state index contributed by atoms with van der Waals surface area (Å²) in [6.07, 6.45) is -0.180. The number of phenols is 1. The smallest absolute Gasteiger partial charge is 0.309 e. The Balaban J connectivity index is 1.83. The van der Waals surface area contributed by atoms with E-state index in [1.807, 2.05) is 0 Å². The van der Waals surface area contributed by atoms with Crippen molar-refractivity contribution in [2.75, 3.05) is 14.1 Å². The van der Waals surface area contributed by atoms with Crippen molar-refractivity contribution in [3.8, 4) is 5.75 Å². The number of carbonyl (C=O) groups excluding carboxylic acids is 4. The lowest BCUT2D eigenvalue weighted by Gasteiger charge is -2.54. The zero-order chi connectivity index (χ0) is 27.1. The molecule has 4 aliphatic rings. The molecule has 0 unspecified atom stereocenters. The summed E-state index contributed by atoms with van der Waals surface area (Å²) in [5, 5.41) is 44.9. The number of nitrogens with zero attached hydrogens (tertiary/aromatic N) is 1. The van der Waals surface area contributed by atoms with Gasteiger partial charge in [0, 0.05) is 11.5 Å². The molecule has 196 valence electrons. The number of fused-ring (bicyclic) bond motifs is 3. The number of aliphatic hydroxyl groups excluding tert-OH is 2. The van der Waals surface area contributed by atoms with Crippen LogP contribution in [0, 0.1) is 17.8 Å². The Bertz CT molecular complexity index is 1330. The molecule has 1 saturated carbocycles. The molecular formula is C26H28N2O9. The molecule has 4 aliphatic carbocycles. The van der Waals surface area contributed by atoms with E-state index >= 15 is 0 Å². The Labute approximate surface area is 211 Å². The summed E-state index contributed by atoms with van der Waals surface area (Å²) in [5.41, 5.74) is 1.45. The average Bonchev–Trinajstić information content (AvgIpc) is 3.66. The van der Waals surface area contributed by atoms with Crippen LogP contribution >= 0.6 is 0 Å². The highest BCUT2D eigenvalue weighted by atomic mass is 16.5. The number of Topliss-reactive ketones (excluding diaryl/α,β-unsaturated/α-hetero) is 2. The lowest BCUT2D eigenvalue weighted by atomic mass is 9.55. The number of aliphatic hydroxyl groups is 3. The van der Waals surface area contributed by atoms with Gasteiger partial charge >= 0.3 is 5.97 Å². The van der Waals surface area contributed by atoms with Gasteiger partial charge in [-0.1, -0.05) is 19.1 Å². The van der Waals surface area contributed by atoms with Gasteiger partial charge in [0.2, 0.25) is 5.78 Å². The van der Waals surface area contributed by atoms with E-state index in [0.29, 0.717) is 18.4 Å². The minimum Gasteiger partial charge on any atom is -0.510 e. The summed E-state index contributed by atoms with van der Waals surface area (Å²) < 4.78 is 5.92. The van der Waals surface area contributed by atoms with Crippen LogP contribution in [0.4, 0.5) is 0 Å². The minimum absolute atomic E-state index is 0.108. The van der Waals surface area contributed by atoms with E-state index in [1.54, 1.807) is 19.1 Å². The molecule has 0 aliphatic heterocycles. The maximum Gasteiger partial charge on any atom is 0.309 e. The van der Waals surface area contributed by atoms with Gasteiger partial charge in [0.1, 0.15) is 28.9 Å². The van der Waals surface area contributed by atoms with E-state index in [4.69, 9.17) is 10.5 Å². The average molecular weight is 513 g/mol. The summed E-state index contributed by atoms with van der Waals surface area (Å²) in [4.78, 5) is 53.9. The molecule has 0 heterocycles. The van der Waals surface area contributed by atoms with Crippen LogP contribution in [0.3, 0.4) is 0 Å². The standard InChI is InChI=1S/C26H28N2O9/c1-9-11-5-4-6-12(29)14(11)19(30)15-13(9)21(37-25(35)10-7-8-10)17-18(28(2)3)20(31)16(24(27)34)23(33)26(17,36)22(15)32/h4-6,9-10,13,17-18,21,29,31-32,36H,7-8H2,1-3H3,(H2,27,34)/t9-,13-,17-,18+,21+,26-/m1/s1. The third kappa shape index (κ3) is 3.27. The number of esters is 1. The number of ether oxygens (including phenoxy) is 1. The van der Waals surface area contributed by atoms with Crippen molar-refractivity contribution in [1.29, 1.82) is 0 Å². The minimum atomic E-state index is -2.93. The van der Waals surface area contributed by atoms with Crippen LogP contribution in [0.25, 0.3) is 0 Å². The molecule has 0 bridgehead atoms. The number of likely N-dealkylation sites (N-methyl/N-ethyl adjacent to an activating group) is 1. The van der Waals surface area contributed by atoms with E-state index in [1.165, 1.54) is 25.1 Å². The number of amides is 1. The van der Waals surface area contributed by atoms with E-state index in [0.717, 1.165) is 0 Å². The Morgan fingerprint density at radius 3 is 2.35 bits per heavy atom. The predicted molar refractivity (Wildman–Crippen MR) is 126 cm³/mol. The molecule has 1 aromatic rings. The van der Waals surface area contributed by atoms with Crippen LogP contribution in [0.2, 0.25) is 0 Å². The molecular weight excluding hydrogens is 484 g/mol. The van der Waals surface area contributed by atoms with Gasteiger partial charge in [0.25, 0.3) is 5.91 Å². The second kappa shape index (κ2) is 8.15. The number of hydrogen-bond acceptors (Lipinski definition) is 10. The second-order valence-electron chi connectivity index (χ2n) is 10.5. The van der Waals surface area contributed by atoms with Crippen molar-refractivity contribution in [2.45, 2.75) is 43.4 Å². The van der Waals surface area contributed by atoms with Crippen molar-refractivity contribution in [1.82, 2.24) is 4.90 Å². The Kier molecular flexibility index (Phi) is 5.50. The van der Waals surface area contributed by atoms with Crippen molar-refractivity contribution >= 4 is 23.4 Å². The predicted octanol–water partition coefficient (Wildman–Crippen LogP) is 0.613. The molecule has 0 saturated heterocycles. The number of rotatable bonds is 4. The number of carbonyl (C=O) groups is 4. The van der Waals surface area contributed by atoms with Crippen LogP contribution in [-0.4, -0.2) is 80.6 Å². The first-order valence-electron chi connectivity index (χ1n) is 12.0. The monoisotopic (exact) mass is 512 g/mol. The third-order valence-electron chi connectivity index (χ3n) is 8.13. The van der Waals surface area contributed by atoms with Crippen molar-refractivity contribution in [3.05, 3.63) is 52.0 Å². The van der Waals surface area contributed by atoms with Gasteiger partial charge in [0.05, 0.1) is 23.4 Å². The highest BCUT2D eigenvalue weighted by molar-refractivity contribution is 6.25. The van der Waals surface area contributed by atoms with Gasteiger partial charge in [-0.15, -0.1) is 0 Å². The molecule has 1 aromatic carbocycles. The third-order valence-corrected chi connectivity index (χ3v) is 8.13. The number of nitrogens with two attached hydrogens (primary N) is 1. The van der Waals surface area contributed by atoms with Crippen LogP contribution in [-0.2, 0) is 19.1 Å². The van der Waals surface area contributed by atoms with E-state index in [9.17, 15) is 39.6 Å². The lowest BCUT2D eigenvalue weighted by Crippen LogP contribution is -2.69. The molecule has 11 nitrogen and oxygen atoms in total. The lowest BCUT2D eigenvalue weighted by molar-refractivity contribution is -0.181. The first-order chi connectivity index (χ1) is 17.3. The van der Waals surface area contributed by atoms with E-state index in [2.05, 4.69) is 0 Å². The van der Waals surface area contributed by atoms with Gasteiger partial charge in [0.15, 0.2) is 11.4 Å². The molecule has 5 rings (SSSR count). The SMILES string of the molecule is C[C@@H]1c2cccc(O)c2C(=O)C2=C(O)[C@@]3(O)C(=O)C(C(N)=O)=C(O)[C@@H](N(C)C)[C@@H]3[C@@H](OC(=O)C3CC3)[C@@H]21. The molecule has 1 amide bonds. The fourth-order valence-corrected chi connectivity index (χ4v) is 6.24. The van der Waals surface area contributed by atoms with E-state index in [-0.39, 0.29) is 17.2 Å². The highest BCUT2D eigenvalue weighted by Gasteiger charge is 2.68. The maximum atomic E-state index is 13.7.